The number of carbonyl (C=O) groups excluding carboxylic acids is 1. The minimum atomic E-state index is -3.49. The van der Waals surface area contributed by atoms with Crippen LogP contribution in [-0.4, -0.2) is 31.7 Å². The second-order valence-electron chi connectivity index (χ2n) is 4.42. The Kier molecular flexibility index (Phi) is 6.16. The number of amides is 1. The highest BCUT2D eigenvalue weighted by atomic mass is 32.2. The smallest absolute Gasteiger partial charge is 0.243 e. The van der Waals surface area contributed by atoms with E-state index < -0.39 is 10.0 Å². The maximum absolute atomic E-state index is 12.4. The predicted octanol–water partition coefficient (Wildman–Crippen LogP) is 2.46. The van der Waals surface area contributed by atoms with Gasteiger partial charge in [0, 0.05) is 25.2 Å². The maximum atomic E-state index is 12.4. The molecule has 6 heteroatoms. The number of sulfonamides is 1. The van der Waals surface area contributed by atoms with Gasteiger partial charge in [0.15, 0.2) is 0 Å². The molecule has 1 amide bonds. The van der Waals surface area contributed by atoms with Gasteiger partial charge in [-0.1, -0.05) is 26.8 Å². The van der Waals surface area contributed by atoms with E-state index in [0.717, 1.165) is 6.42 Å². The van der Waals surface area contributed by atoms with Gasteiger partial charge in [-0.25, -0.2) is 8.42 Å². The van der Waals surface area contributed by atoms with Gasteiger partial charge in [-0.15, -0.1) is 0 Å². The largest absolute Gasteiger partial charge is 0.326 e. The van der Waals surface area contributed by atoms with Crippen molar-refractivity contribution in [3.63, 3.8) is 0 Å². The van der Waals surface area contributed by atoms with Crippen molar-refractivity contribution < 1.29 is 13.2 Å². The molecule has 0 aromatic heterocycles. The lowest BCUT2D eigenvalue weighted by molar-refractivity contribution is -0.116. The highest BCUT2D eigenvalue weighted by molar-refractivity contribution is 7.89. The lowest BCUT2D eigenvalue weighted by atomic mass is 10.3. The number of nitrogens with one attached hydrogen (secondary N) is 1. The van der Waals surface area contributed by atoms with Gasteiger partial charge in [-0.2, -0.15) is 4.31 Å². The van der Waals surface area contributed by atoms with Gasteiger partial charge in [0.2, 0.25) is 15.9 Å². The third-order valence-electron chi connectivity index (χ3n) is 2.94. The highest BCUT2D eigenvalue weighted by Gasteiger charge is 2.21. The fourth-order valence-corrected chi connectivity index (χ4v) is 3.40. The Morgan fingerprint density at radius 3 is 2.40 bits per heavy atom. The Labute approximate surface area is 121 Å². The van der Waals surface area contributed by atoms with Crippen molar-refractivity contribution in [3.05, 3.63) is 24.3 Å². The predicted molar refractivity (Wildman–Crippen MR) is 80.1 cm³/mol. The van der Waals surface area contributed by atoms with E-state index in [9.17, 15) is 13.2 Å². The van der Waals surface area contributed by atoms with Crippen LogP contribution in [0.1, 0.15) is 33.6 Å². The van der Waals surface area contributed by atoms with Gasteiger partial charge in [0.05, 0.1) is 4.90 Å². The molecule has 20 heavy (non-hydrogen) atoms. The molecule has 0 fully saturated rings. The standard InChI is InChI=1S/C14H22N2O3S/c1-4-8-14(17)15-12-9-7-10-13(11-12)20(18,19)16(5-2)6-3/h7,9-11H,4-6,8H2,1-3H3,(H,15,17). The zero-order valence-corrected chi connectivity index (χ0v) is 13.0. The summed E-state index contributed by atoms with van der Waals surface area (Å²) in [5.41, 5.74) is 0.511. The summed E-state index contributed by atoms with van der Waals surface area (Å²) in [4.78, 5) is 11.8. The highest BCUT2D eigenvalue weighted by Crippen LogP contribution is 2.19. The lowest BCUT2D eigenvalue weighted by Crippen LogP contribution is -2.30. The molecule has 0 radical (unpaired) electrons. The molecule has 1 aromatic rings. The van der Waals surface area contributed by atoms with Crippen LogP contribution < -0.4 is 5.32 Å². The molecule has 0 aliphatic carbocycles. The Bertz CT molecular complexity index is 551. The van der Waals surface area contributed by atoms with Crippen LogP contribution in [0.5, 0.6) is 0 Å². The van der Waals surface area contributed by atoms with Crippen molar-refractivity contribution in [2.24, 2.45) is 0 Å². The first-order chi connectivity index (χ1) is 9.45. The molecule has 0 aliphatic heterocycles. The average Bonchev–Trinajstić information content (AvgIpc) is 2.40. The molecule has 1 aromatic carbocycles. The van der Waals surface area contributed by atoms with Crippen LogP contribution in [0.4, 0.5) is 5.69 Å². The van der Waals surface area contributed by atoms with Crippen molar-refractivity contribution in [2.45, 2.75) is 38.5 Å². The Balaban J connectivity index is 3.01. The average molecular weight is 298 g/mol. The third kappa shape index (κ3) is 4.05. The van der Waals surface area contributed by atoms with Gasteiger partial charge in [-0.3, -0.25) is 4.79 Å². The van der Waals surface area contributed by atoms with Gasteiger partial charge >= 0.3 is 0 Å². The first-order valence-corrected chi connectivity index (χ1v) is 8.29. The van der Waals surface area contributed by atoms with E-state index in [-0.39, 0.29) is 10.8 Å². The molecule has 112 valence electrons. The van der Waals surface area contributed by atoms with Crippen molar-refractivity contribution in [1.82, 2.24) is 4.31 Å². The number of benzene rings is 1. The van der Waals surface area contributed by atoms with Gasteiger partial charge in [-0.05, 0) is 24.6 Å². The topological polar surface area (TPSA) is 66.5 Å². The number of carbonyl (C=O) groups is 1. The van der Waals surface area contributed by atoms with Crippen molar-refractivity contribution >= 4 is 21.6 Å². The molecule has 0 aliphatic rings. The van der Waals surface area contributed by atoms with Gasteiger partial charge in [0.1, 0.15) is 0 Å². The molecule has 1 rings (SSSR count). The Morgan fingerprint density at radius 2 is 1.85 bits per heavy atom. The zero-order valence-electron chi connectivity index (χ0n) is 12.2. The Hall–Kier alpha value is -1.40. The summed E-state index contributed by atoms with van der Waals surface area (Å²) in [5, 5.41) is 2.71. The second-order valence-corrected chi connectivity index (χ2v) is 6.35. The summed E-state index contributed by atoms with van der Waals surface area (Å²) < 4.78 is 26.1. The van der Waals surface area contributed by atoms with Crippen molar-refractivity contribution in [1.29, 1.82) is 0 Å². The van der Waals surface area contributed by atoms with Crippen LogP contribution in [0.3, 0.4) is 0 Å². The monoisotopic (exact) mass is 298 g/mol. The van der Waals surface area contributed by atoms with Gasteiger partial charge in [0.25, 0.3) is 0 Å². The van der Waals surface area contributed by atoms with E-state index in [1.165, 1.54) is 10.4 Å². The molecule has 0 saturated carbocycles. The molecule has 5 nitrogen and oxygen atoms in total. The fraction of sp³-hybridized carbons (Fsp3) is 0.500. The van der Waals surface area contributed by atoms with E-state index >= 15 is 0 Å². The fourth-order valence-electron chi connectivity index (χ4n) is 1.90. The van der Waals surface area contributed by atoms with Crippen LogP contribution in [0, 0.1) is 0 Å². The summed E-state index contributed by atoms with van der Waals surface area (Å²) in [6, 6.07) is 6.37. The van der Waals surface area contributed by atoms with E-state index in [2.05, 4.69) is 5.32 Å². The molecule has 0 atom stereocenters. The molecular weight excluding hydrogens is 276 g/mol. The number of anilines is 1. The maximum Gasteiger partial charge on any atom is 0.243 e. The third-order valence-corrected chi connectivity index (χ3v) is 4.98. The van der Waals surface area contributed by atoms with Crippen LogP contribution in [0.15, 0.2) is 29.2 Å². The van der Waals surface area contributed by atoms with E-state index in [1.54, 1.807) is 32.0 Å². The lowest BCUT2D eigenvalue weighted by Gasteiger charge is -2.18. The minimum Gasteiger partial charge on any atom is -0.326 e. The summed E-state index contributed by atoms with van der Waals surface area (Å²) in [7, 11) is -3.49. The van der Waals surface area contributed by atoms with Crippen molar-refractivity contribution in [2.75, 3.05) is 18.4 Å². The van der Waals surface area contributed by atoms with Crippen LogP contribution >= 0.6 is 0 Å². The molecule has 0 heterocycles. The van der Waals surface area contributed by atoms with E-state index in [4.69, 9.17) is 0 Å². The number of hydrogen-bond acceptors (Lipinski definition) is 3. The first-order valence-electron chi connectivity index (χ1n) is 6.85. The zero-order chi connectivity index (χ0) is 15.2. The Morgan fingerprint density at radius 1 is 1.20 bits per heavy atom. The normalized spacial score (nSPS) is 11.6. The molecule has 0 bridgehead atoms. The minimum absolute atomic E-state index is 0.107. The van der Waals surface area contributed by atoms with E-state index in [0.29, 0.717) is 25.2 Å². The molecule has 0 spiro atoms. The first kappa shape index (κ1) is 16.7. The quantitative estimate of drug-likeness (QED) is 0.841. The van der Waals surface area contributed by atoms with Crippen LogP contribution in [0.25, 0.3) is 0 Å². The van der Waals surface area contributed by atoms with Crippen LogP contribution in [0.2, 0.25) is 0 Å². The SMILES string of the molecule is CCCC(=O)Nc1cccc(S(=O)(=O)N(CC)CC)c1. The molecule has 1 N–H and O–H groups in total. The van der Waals surface area contributed by atoms with Crippen LogP contribution in [-0.2, 0) is 14.8 Å². The van der Waals surface area contributed by atoms with E-state index in [1.807, 2.05) is 6.92 Å². The van der Waals surface area contributed by atoms with Gasteiger partial charge < -0.3 is 5.32 Å². The molecule has 0 unspecified atom stereocenters. The van der Waals surface area contributed by atoms with Crippen molar-refractivity contribution in [3.8, 4) is 0 Å². The summed E-state index contributed by atoms with van der Waals surface area (Å²) in [5.74, 6) is -0.107. The summed E-state index contributed by atoms with van der Waals surface area (Å²) in [6.07, 6.45) is 1.18. The number of rotatable bonds is 7. The molecule has 0 saturated heterocycles. The summed E-state index contributed by atoms with van der Waals surface area (Å²) in [6.45, 7) is 6.36. The molecular formula is C14H22N2O3S. The number of hydrogen-bond donors (Lipinski definition) is 1. The second kappa shape index (κ2) is 7.40. The summed E-state index contributed by atoms with van der Waals surface area (Å²) >= 11 is 0. The number of nitrogens with zero attached hydrogens (tertiary/aromatic N) is 1.